The zero-order valence-corrected chi connectivity index (χ0v) is 21.2. The zero-order valence-electron chi connectivity index (χ0n) is 21.2. The number of aliphatic hydroxyl groups excluding tert-OH is 1. The Morgan fingerprint density at radius 3 is 2.31 bits per heavy atom. The van der Waals surface area contributed by atoms with E-state index in [0.717, 1.165) is 30.8 Å². The van der Waals surface area contributed by atoms with Crippen LogP contribution in [0.1, 0.15) is 99.3 Å². The maximum Gasteiger partial charge on any atom is 0.188 e. The molecule has 0 aromatic carbocycles. The second kappa shape index (κ2) is 7.92. The second-order valence-electron chi connectivity index (χ2n) is 12.9. The number of hydrogen-bond acceptors (Lipinski definition) is 4. The molecule has 0 amide bonds. The van der Waals surface area contributed by atoms with E-state index < -0.39 is 22.7 Å². The third-order valence-corrected chi connectivity index (χ3v) is 11.2. The fourth-order valence-corrected chi connectivity index (χ4v) is 8.34. The molecule has 4 aliphatic rings. The molecule has 0 aromatic rings. The van der Waals surface area contributed by atoms with Crippen LogP contribution in [0.4, 0.5) is 0 Å². The lowest BCUT2D eigenvalue weighted by molar-refractivity contribution is -0.223. The van der Waals surface area contributed by atoms with Crippen molar-refractivity contribution in [3.05, 3.63) is 11.6 Å². The molecule has 9 atom stereocenters. The molecular weight excluding hydrogens is 400 g/mol. The van der Waals surface area contributed by atoms with E-state index in [4.69, 9.17) is 0 Å². The first kappa shape index (κ1) is 24.4. The minimum absolute atomic E-state index is 0.0318. The van der Waals surface area contributed by atoms with E-state index in [0.29, 0.717) is 37.0 Å². The van der Waals surface area contributed by atoms with Gasteiger partial charge in [0.1, 0.15) is 5.60 Å². The van der Waals surface area contributed by atoms with Gasteiger partial charge in [-0.25, -0.2) is 0 Å². The van der Waals surface area contributed by atoms with Crippen LogP contribution in [0.15, 0.2) is 11.6 Å². The molecule has 0 saturated heterocycles. The molecule has 32 heavy (non-hydrogen) atoms. The number of fused-ring (bicyclic) bond motifs is 5. The summed E-state index contributed by atoms with van der Waals surface area (Å²) in [5, 5.41) is 33.9. The SMILES string of the molecule is CC(C)[C@@H](C)CC[C@@H](C)[C@H]1CC[C@H]2C3=CC(=O)C4(O)CC(O)CC[C@]4(C)[C@@]3(O)CC[C@]12C. The van der Waals surface area contributed by atoms with E-state index in [1.807, 2.05) is 6.92 Å². The van der Waals surface area contributed by atoms with Crippen molar-refractivity contribution in [2.75, 3.05) is 0 Å². The number of hydrogen-bond donors (Lipinski definition) is 3. The van der Waals surface area contributed by atoms with Crippen LogP contribution in [0.2, 0.25) is 0 Å². The molecule has 0 radical (unpaired) electrons. The summed E-state index contributed by atoms with van der Waals surface area (Å²) in [5.74, 6) is 2.59. The van der Waals surface area contributed by atoms with Gasteiger partial charge in [-0.2, -0.15) is 0 Å². The Bertz CT molecular complexity index is 788. The van der Waals surface area contributed by atoms with Crippen LogP contribution in [-0.2, 0) is 4.79 Å². The van der Waals surface area contributed by atoms with Gasteiger partial charge in [-0.3, -0.25) is 4.79 Å². The van der Waals surface area contributed by atoms with Crippen LogP contribution in [0.5, 0.6) is 0 Å². The van der Waals surface area contributed by atoms with E-state index in [1.165, 1.54) is 12.8 Å². The first-order valence-corrected chi connectivity index (χ1v) is 13.2. The van der Waals surface area contributed by atoms with E-state index in [1.54, 1.807) is 6.08 Å². The molecule has 3 fully saturated rings. The maximum absolute atomic E-state index is 13.3. The van der Waals surface area contributed by atoms with Crippen molar-refractivity contribution < 1.29 is 20.1 Å². The van der Waals surface area contributed by atoms with E-state index in [2.05, 4.69) is 34.6 Å². The quantitative estimate of drug-likeness (QED) is 0.553. The minimum atomic E-state index is -1.67. The van der Waals surface area contributed by atoms with Crippen molar-refractivity contribution in [1.82, 2.24) is 0 Å². The Hall–Kier alpha value is -0.710. The highest BCUT2D eigenvalue weighted by molar-refractivity contribution is 6.00. The molecule has 4 aliphatic carbocycles. The largest absolute Gasteiger partial charge is 0.393 e. The van der Waals surface area contributed by atoms with Crippen molar-refractivity contribution in [3.63, 3.8) is 0 Å². The van der Waals surface area contributed by atoms with Crippen LogP contribution in [0.25, 0.3) is 0 Å². The fraction of sp³-hybridized carbons (Fsp3) is 0.893. The summed E-state index contributed by atoms with van der Waals surface area (Å²) in [6.07, 6.45) is 8.15. The molecule has 0 aromatic heterocycles. The number of rotatable bonds is 5. The smallest absolute Gasteiger partial charge is 0.188 e. The van der Waals surface area contributed by atoms with Crippen LogP contribution < -0.4 is 0 Å². The van der Waals surface area contributed by atoms with Crippen molar-refractivity contribution in [2.45, 2.75) is 117 Å². The third-order valence-electron chi connectivity index (χ3n) is 11.2. The number of carbonyl (C=O) groups excluding carboxylic acids is 1. The van der Waals surface area contributed by atoms with E-state index >= 15 is 0 Å². The highest BCUT2D eigenvalue weighted by Crippen LogP contribution is 2.68. The third kappa shape index (κ3) is 3.22. The maximum atomic E-state index is 13.3. The molecule has 0 spiro atoms. The normalized spacial score (nSPS) is 48.0. The standard InChI is InChI=1S/C28H46O4/c1-17(2)18(3)7-8-19(4)21-9-10-22-23-15-24(30)28(32)16-20(29)11-12-26(28,6)27(23,31)14-13-25(21,22)5/h15,17-22,29,31-32H,7-14,16H2,1-6H3/t18-,19+,20?,21+,22-,25+,26+,27+,28?/m0/s1. The molecule has 2 unspecified atom stereocenters. The molecule has 182 valence electrons. The Kier molecular flexibility index (Phi) is 6.04. The van der Waals surface area contributed by atoms with Gasteiger partial charge in [-0.1, -0.05) is 54.4 Å². The van der Waals surface area contributed by atoms with Gasteiger partial charge in [-0.15, -0.1) is 0 Å². The van der Waals surface area contributed by atoms with Crippen LogP contribution in [0, 0.1) is 40.4 Å². The van der Waals surface area contributed by atoms with Gasteiger partial charge in [0.2, 0.25) is 0 Å². The molecule has 3 N–H and O–H groups in total. The first-order valence-electron chi connectivity index (χ1n) is 13.2. The van der Waals surface area contributed by atoms with Gasteiger partial charge in [0.15, 0.2) is 5.78 Å². The molecule has 0 aliphatic heterocycles. The van der Waals surface area contributed by atoms with Crippen molar-refractivity contribution >= 4 is 5.78 Å². The predicted octanol–water partition coefficient (Wildman–Crippen LogP) is 5.04. The Labute approximate surface area is 194 Å². The second-order valence-corrected chi connectivity index (χ2v) is 12.9. The number of carbonyl (C=O) groups is 1. The molecule has 4 heteroatoms. The molecule has 4 nitrogen and oxygen atoms in total. The average Bonchev–Trinajstić information content (AvgIpc) is 3.07. The summed E-state index contributed by atoms with van der Waals surface area (Å²) in [4.78, 5) is 13.3. The van der Waals surface area contributed by atoms with Crippen molar-refractivity contribution in [3.8, 4) is 0 Å². The van der Waals surface area contributed by atoms with Gasteiger partial charge >= 0.3 is 0 Å². The summed E-state index contributed by atoms with van der Waals surface area (Å²) < 4.78 is 0. The number of ketones is 1. The van der Waals surface area contributed by atoms with E-state index in [9.17, 15) is 20.1 Å². The minimum Gasteiger partial charge on any atom is -0.393 e. The lowest BCUT2D eigenvalue weighted by Gasteiger charge is -2.63. The highest BCUT2D eigenvalue weighted by atomic mass is 16.3. The lowest BCUT2D eigenvalue weighted by Crippen LogP contribution is -2.71. The summed E-state index contributed by atoms with van der Waals surface area (Å²) in [6.45, 7) is 13.7. The van der Waals surface area contributed by atoms with Crippen LogP contribution in [-0.4, -0.2) is 38.4 Å². The zero-order chi connectivity index (χ0) is 23.7. The lowest BCUT2D eigenvalue weighted by atomic mass is 9.43. The summed E-state index contributed by atoms with van der Waals surface area (Å²) in [5.41, 5.74) is -2.78. The summed E-state index contributed by atoms with van der Waals surface area (Å²) in [6, 6.07) is 0. The first-order chi connectivity index (χ1) is 14.8. The van der Waals surface area contributed by atoms with Crippen LogP contribution >= 0.6 is 0 Å². The van der Waals surface area contributed by atoms with Crippen molar-refractivity contribution in [2.24, 2.45) is 40.4 Å². The average molecular weight is 447 g/mol. The molecule has 4 rings (SSSR count). The Balaban J connectivity index is 1.63. The Morgan fingerprint density at radius 1 is 0.969 bits per heavy atom. The highest BCUT2D eigenvalue weighted by Gasteiger charge is 2.71. The summed E-state index contributed by atoms with van der Waals surface area (Å²) in [7, 11) is 0. The van der Waals surface area contributed by atoms with Crippen molar-refractivity contribution in [1.29, 1.82) is 0 Å². The van der Waals surface area contributed by atoms with Gasteiger partial charge in [0, 0.05) is 11.8 Å². The monoisotopic (exact) mass is 446 g/mol. The fourth-order valence-electron chi connectivity index (χ4n) is 8.34. The molecule has 3 saturated carbocycles. The Morgan fingerprint density at radius 2 is 1.66 bits per heavy atom. The molecule has 0 bridgehead atoms. The van der Waals surface area contributed by atoms with Gasteiger partial charge in [0.05, 0.1) is 11.7 Å². The topological polar surface area (TPSA) is 77.8 Å². The van der Waals surface area contributed by atoms with Crippen LogP contribution in [0.3, 0.4) is 0 Å². The summed E-state index contributed by atoms with van der Waals surface area (Å²) >= 11 is 0. The predicted molar refractivity (Wildman–Crippen MR) is 127 cm³/mol. The van der Waals surface area contributed by atoms with E-state index in [-0.39, 0.29) is 23.5 Å². The van der Waals surface area contributed by atoms with Gasteiger partial charge in [-0.05, 0) is 85.2 Å². The van der Waals surface area contributed by atoms with Gasteiger partial charge in [0.25, 0.3) is 0 Å². The molecular formula is C28H46O4. The molecule has 0 heterocycles. The number of aliphatic hydroxyl groups is 3. The van der Waals surface area contributed by atoms with Gasteiger partial charge < -0.3 is 15.3 Å².